The molecule has 0 N–H and O–H groups in total. The Labute approximate surface area is 210 Å². The normalized spacial score (nSPS) is 10.6. The van der Waals surface area contributed by atoms with Crippen LogP contribution < -0.4 is 14.4 Å². The fraction of sp³-hybridized carbons (Fsp3) is 0.172. The Morgan fingerprint density at radius 3 is 2.14 bits per heavy atom. The first-order chi connectivity index (χ1) is 17.5. The van der Waals surface area contributed by atoms with Crippen LogP contribution in [0, 0.1) is 17.0 Å². The Morgan fingerprint density at radius 2 is 1.44 bits per heavy atom. The first kappa shape index (κ1) is 24.8. The van der Waals surface area contributed by atoms with Crippen LogP contribution >= 0.6 is 0 Å². The van der Waals surface area contributed by atoms with E-state index in [-0.39, 0.29) is 23.8 Å². The molecule has 7 nitrogen and oxygen atoms in total. The number of rotatable bonds is 11. The van der Waals surface area contributed by atoms with Gasteiger partial charge in [0.2, 0.25) is 0 Å². The molecule has 0 bridgehead atoms. The number of hydrogen-bond donors (Lipinski definition) is 0. The fourth-order valence-electron chi connectivity index (χ4n) is 3.99. The van der Waals surface area contributed by atoms with Crippen molar-refractivity contribution in [1.29, 1.82) is 0 Å². The maximum atomic E-state index is 11.5. The summed E-state index contributed by atoms with van der Waals surface area (Å²) in [5.41, 5.74) is 3.72. The minimum atomic E-state index is -0.341. The van der Waals surface area contributed by atoms with E-state index in [0.717, 1.165) is 16.8 Å². The van der Waals surface area contributed by atoms with Crippen molar-refractivity contribution < 1.29 is 19.5 Å². The lowest BCUT2D eigenvalue weighted by atomic mass is 10.1. The first-order valence-electron chi connectivity index (χ1n) is 11.6. The maximum absolute atomic E-state index is 11.5. The van der Waals surface area contributed by atoms with Crippen molar-refractivity contribution in [3.63, 3.8) is 0 Å². The van der Waals surface area contributed by atoms with Gasteiger partial charge in [-0.1, -0.05) is 54.6 Å². The second kappa shape index (κ2) is 11.9. The number of nitro groups is 1. The summed E-state index contributed by atoms with van der Waals surface area (Å²) >= 11 is 0. The van der Waals surface area contributed by atoms with E-state index in [9.17, 15) is 15.2 Å². The van der Waals surface area contributed by atoms with E-state index in [0.29, 0.717) is 35.9 Å². The van der Waals surface area contributed by atoms with Crippen LogP contribution in [-0.2, 0) is 18.2 Å². The molecule has 0 amide bonds. The summed E-state index contributed by atoms with van der Waals surface area (Å²) in [5, 5.41) is 22.2. The predicted molar refractivity (Wildman–Crippen MR) is 138 cm³/mol. The van der Waals surface area contributed by atoms with Crippen molar-refractivity contribution in [3.8, 4) is 17.2 Å². The molecule has 0 spiro atoms. The molecule has 0 aliphatic heterocycles. The molecule has 0 saturated heterocycles. The molecule has 0 fully saturated rings. The molecule has 0 aliphatic rings. The van der Waals surface area contributed by atoms with Gasteiger partial charge in [0.15, 0.2) is 0 Å². The van der Waals surface area contributed by atoms with E-state index in [2.05, 4.69) is 4.90 Å². The lowest BCUT2D eigenvalue weighted by molar-refractivity contribution is -0.385. The highest BCUT2D eigenvalue weighted by molar-refractivity contribution is 5.62. The summed E-state index contributed by atoms with van der Waals surface area (Å²) in [4.78, 5) is 13.3. The average molecular weight is 484 g/mol. The molecule has 36 heavy (non-hydrogen) atoms. The predicted octanol–water partition coefficient (Wildman–Crippen LogP) is 6.71. The molecule has 0 unspecified atom stereocenters. The number of nitro benzene ring substituents is 1. The van der Waals surface area contributed by atoms with Gasteiger partial charge in [0.25, 0.3) is 5.69 Å². The van der Waals surface area contributed by atoms with Crippen LogP contribution in [0.25, 0.3) is 0 Å². The van der Waals surface area contributed by atoms with Crippen LogP contribution in [0.2, 0.25) is 0 Å². The zero-order chi connectivity index (χ0) is 25.3. The summed E-state index contributed by atoms with van der Waals surface area (Å²) in [6.45, 7) is 2.77. The van der Waals surface area contributed by atoms with Crippen LogP contribution in [0.3, 0.4) is 0 Å². The van der Waals surface area contributed by atoms with Crippen molar-refractivity contribution in [2.24, 2.45) is 0 Å². The molecular formula is C29H27N2O5. The average Bonchev–Trinajstić information content (AvgIpc) is 2.89. The van der Waals surface area contributed by atoms with Crippen molar-refractivity contribution in [2.75, 3.05) is 18.1 Å². The highest BCUT2D eigenvalue weighted by Gasteiger charge is 2.18. The number of benzene rings is 4. The SMILES string of the molecule is Cc1c(N(Cc2ccccc2)Cc2ccc(Oc3cccc(OCC[O])c3)cc2)cccc1[N+](=O)[O-]. The van der Waals surface area contributed by atoms with Gasteiger partial charge in [-0.25, -0.2) is 5.11 Å². The number of ether oxygens (including phenoxy) is 2. The minimum Gasteiger partial charge on any atom is -0.491 e. The molecule has 1 radical (unpaired) electrons. The standard InChI is InChI=1S/C29H27N2O5/c1-22-28(11-6-12-29(22)31(33)34)30(20-23-7-3-2-4-8-23)21-24-13-15-25(16-14-24)36-27-10-5-9-26(19-27)35-18-17-32/h2-16,19H,17-18,20-21H2,1H3. The van der Waals surface area contributed by atoms with Crippen molar-refractivity contribution in [1.82, 2.24) is 0 Å². The lowest BCUT2D eigenvalue weighted by Gasteiger charge is -2.27. The van der Waals surface area contributed by atoms with Gasteiger partial charge in [-0.05, 0) is 48.4 Å². The Hall–Kier alpha value is -4.36. The van der Waals surface area contributed by atoms with Gasteiger partial charge in [-0.2, -0.15) is 0 Å². The van der Waals surface area contributed by atoms with Crippen LogP contribution in [0.1, 0.15) is 16.7 Å². The zero-order valence-electron chi connectivity index (χ0n) is 20.0. The third kappa shape index (κ3) is 6.40. The van der Waals surface area contributed by atoms with Crippen molar-refractivity contribution >= 4 is 11.4 Å². The molecular weight excluding hydrogens is 456 g/mol. The van der Waals surface area contributed by atoms with Gasteiger partial charge >= 0.3 is 0 Å². The third-order valence-electron chi connectivity index (χ3n) is 5.72. The molecule has 4 aromatic rings. The smallest absolute Gasteiger partial charge is 0.274 e. The second-order valence-electron chi connectivity index (χ2n) is 8.29. The van der Waals surface area contributed by atoms with Gasteiger partial charge in [-0.3, -0.25) is 10.1 Å². The summed E-state index contributed by atoms with van der Waals surface area (Å²) in [6.07, 6.45) is 0. The Morgan fingerprint density at radius 1 is 0.778 bits per heavy atom. The van der Waals surface area contributed by atoms with Crippen LogP contribution in [-0.4, -0.2) is 18.1 Å². The van der Waals surface area contributed by atoms with E-state index < -0.39 is 0 Å². The fourth-order valence-corrected chi connectivity index (χ4v) is 3.99. The Bertz CT molecular complexity index is 1290. The minimum absolute atomic E-state index is 0.107. The van der Waals surface area contributed by atoms with Crippen LogP contribution in [0.5, 0.6) is 17.2 Å². The number of anilines is 1. The molecule has 0 heterocycles. The van der Waals surface area contributed by atoms with E-state index in [4.69, 9.17) is 9.47 Å². The molecule has 4 rings (SSSR count). The van der Waals surface area contributed by atoms with Gasteiger partial charge in [0.1, 0.15) is 30.5 Å². The van der Waals surface area contributed by atoms with Gasteiger partial charge < -0.3 is 14.4 Å². The summed E-state index contributed by atoms with van der Waals surface area (Å²) in [7, 11) is 0. The molecule has 7 heteroatoms. The number of hydrogen-bond acceptors (Lipinski definition) is 5. The van der Waals surface area contributed by atoms with Gasteiger partial charge in [-0.15, -0.1) is 0 Å². The van der Waals surface area contributed by atoms with Crippen molar-refractivity contribution in [3.05, 3.63) is 124 Å². The summed E-state index contributed by atoms with van der Waals surface area (Å²) in [6, 6.07) is 30.1. The number of nitrogens with zero attached hydrogens (tertiary/aromatic N) is 2. The summed E-state index contributed by atoms with van der Waals surface area (Å²) < 4.78 is 11.3. The van der Waals surface area contributed by atoms with Crippen LogP contribution in [0.15, 0.2) is 97.1 Å². The molecule has 0 aromatic heterocycles. The van der Waals surface area contributed by atoms with Crippen molar-refractivity contribution in [2.45, 2.75) is 20.0 Å². The molecule has 0 atom stereocenters. The van der Waals surface area contributed by atoms with E-state index >= 15 is 0 Å². The Balaban J connectivity index is 1.54. The van der Waals surface area contributed by atoms with Crippen LogP contribution in [0.4, 0.5) is 11.4 Å². The largest absolute Gasteiger partial charge is 0.491 e. The third-order valence-corrected chi connectivity index (χ3v) is 5.72. The highest BCUT2D eigenvalue weighted by atomic mass is 16.6. The molecule has 0 aliphatic carbocycles. The molecule has 0 saturated carbocycles. The van der Waals surface area contributed by atoms with E-state index in [1.165, 1.54) is 6.07 Å². The Kier molecular flexibility index (Phi) is 8.16. The quantitative estimate of drug-likeness (QED) is 0.175. The highest BCUT2D eigenvalue weighted by Crippen LogP contribution is 2.31. The second-order valence-corrected chi connectivity index (χ2v) is 8.29. The summed E-state index contributed by atoms with van der Waals surface area (Å²) in [5.74, 6) is 1.87. The topological polar surface area (TPSA) is 84.7 Å². The monoisotopic (exact) mass is 483 g/mol. The molecule has 183 valence electrons. The van der Waals surface area contributed by atoms with Gasteiger partial charge in [0.05, 0.1) is 10.5 Å². The zero-order valence-corrected chi connectivity index (χ0v) is 20.0. The molecule has 4 aromatic carbocycles. The van der Waals surface area contributed by atoms with E-state index in [1.54, 1.807) is 25.1 Å². The van der Waals surface area contributed by atoms with E-state index in [1.807, 2.05) is 72.8 Å². The van der Waals surface area contributed by atoms with Gasteiger partial charge in [0, 0.05) is 30.9 Å². The first-order valence-corrected chi connectivity index (χ1v) is 11.6. The lowest BCUT2D eigenvalue weighted by Crippen LogP contribution is -2.23. The maximum Gasteiger partial charge on any atom is 0.274 e.